The smallest absolute Gasteiger partial charge is 0.270 e. The first-order chi connectivity index (χ1) is 16.8. The number of ether oxygens (including phenoxy) is 1. The van der Waals surface area contributed by atoms with E-state index in [9.17, 15) is 23.2 Å². The Morgan fingerprint density at radius 1 is 1.14 bits per heavy atom. The summed E-state index contributed by atoms with van der Waals surface area (Å²) in [7, 11) is 0. The average Bonchev–Trinajstić information content (AvgIpc) is 3.52. The first-order valence-corrected chi connectivity index (χ1v) is 12.1. The van der Waals surface area contributed by atoms with E-state index in [0.717, 1.165) is 25.5 Å². The molecular weight excluding hydrogens is 482 g/mol. The highest BCUT2D eigenvalue weighted by molar-refractivity contribution is 6.33. The molecule has 3 N–H and O–H groups in total. The van der Waals surface area contributed by atoms with Crippen LogP contribution in [0.15, 0.2) is 18.5 Å². The second-order valence-electron chi connectivity index (χ2n) is 8.98. The number of aromatic nitrogens is 2. The number of ketones is 1. The Balaban J connectivity index is 1.27. The number of halogens is 3. The lowest BCUT2D eigenvalue weighted by molar-refractivity contribution is -0.120. The Hall–Kier alpha value is -2.85. The molecule has 4 rings (SSSR count). The monoisotopic (exact) mass is 508 g/mol. The van der Waals surface area contributed by atoms with Crippen LogP contribution in [0.4, 0.5) is 14.5 Å². The third kappa shape index (κ3) is 6.24. The molecule has 0 unspecified atom stereocenters. The van der Waals surface area contributed by atoms with Gasteiger partial charge in [-0.15, -0.1) is 0 Å². The van der Waals surface area contributed by atoms with Crippen molar-refractivity contribution < 1.29 is 27.9 Å². The molecule has 0 radical (unpaired) electrons. The number of aromatic amines is 1. The average molecular weight is 509 g/mol. The van der Waals surface area contributed by atoms with Crippen molar-refractivity contribution in [3.8, 4) is 0 Å². The molecule has 188 valence electrons. The normalized spacial score (nSPS) is 22.1. The summed E-state index contributed by atoms with van der Waals surface area (Å²) in [6, 6.07) is 1.41. The number of Topliss-reactive ketones (excluding diaryl/α,β-unsaturated/α-hetero) is 1. The van der Waals surface area contributed by atoms with Crippen molar-refractivity contribution in [3.63, 3.8) is 0 Å². The molecule has 2 amide bonds. The van der Waals surface area contributed by atoms with Crippen LogP contribution in [0, 0.1) is 17.6 Å². The molecule has 1 saturated heterocycles. The van der Waals surface area contributed by atoms with Crippen LogP contribution in [0.25, 0.3) is 0 Å². The second kappa shape index (κ2) is 11.3. The van der Waals surface area contributed by atoms with E-state index in [1.165, 1.54) is 6.33 Å². The number of H-pyrrole nitrogens is 1. The van der Waals surface area contributed by atoms with Gasteiger partial charge in [-0.25, -0.2) is 13.8 Å². The molecule has 8 nitrogen and oxygen atoms in total. The topological polar surface area (TPSA) is 113 Å². The Bertz CT molecular complexity index is 1070. The number of hydrogen-bond acceptors (Lipinski definition) is 5. The van der Waals surface area contributed by atoms with Crippen LogP contribution in [-0.4, -0.2) is 46.3 Å². The SMILES string of the molecule is O=C(CC[C@@H]1CCCO1)c1nc[nH]c1C(=O)NC1CCC(C(=O)Nc2c(F)cc(F)cc2Cl)CC1. The molecule has 1 saturated carbocycles. The maximum absolute atomic E-state index is 14.0. The van der Waals surface area contributed by atoms with E-state index in [2.05, 4.69) is 20.6 Å². The van der Waals surface area contributed by atoms with Crippen LogP contribution < -0.4 is 10.6 Å². The number of carbonyl (C=O) groups excluding carboxylic acids is 3. The minimum absolute atomic E-state index is 0.0816. The number of anilines is 1. The number of imidazole rings is 1. The summed E-state index contributed by atoms with van der Waals surface area (Å²) in [5.41, 5.74) is -0.000161. The summed E-state index contributed by atoms with van der Waals surface area (Å²) in [6.45, 7) is 0.718. The van der Waals surface area contributed by atoms with Gasteiger partial charge in [-0.3, -0.25) is 14.4 Å². The highest BCUT2D eigenvalue weighted by Crippen LogP contribution is 2.30. The summed E-state index contributed by atoms with van der Waals surface area (Å²) in [6.07, 6.45) is 6.19. The number of amides is 2. The lowest BCUT2D eigenvalue weighted by atomic mass is 9.85. The molecule has 35 heavy (non-hydrogen) atoms. The summed E-state index contributed by atoms with van der Waals surface area (Å²) in [5, 5.41) is 5.14. The van der Waals surface area contributed by atoms with Gasteiger partial charge >= 0.3 is 0 Å². The van der Waals surface area contributed by atoms with Crippen LogP contribution in [0.5, 0.6) is 0 Å². The standard InChI is InChI=1S/C24H27ClF2N4O4/c25-17-10-14(26)11-18(27)20(17)31-23(33)13-3-5-15(6-4-13)30-24(34)22-21(28-12-29-22)19(32)8-7-16-2-1-9-35-16/h10-13,15-16H,1-9H2,(H,28,29)(H,30,34)(H,31,33)/t13?,15?,16-/m0/s1. The van der Waals surface area contributed by atoms with E-state index in [-0.39, 0.29) is 46.4 Å². The fraction of sp³-hybridized carbons (Fsp3) is 0.500. The zero-order chi connectivity index (χ0) is 24.9. The predicted octanol–water partition coefficient (Wildman–Crippen LogP) is 4.41. The van der Waals surface area contributed by atoms with Gasteiger partial charge in [-0.05, 0) is 51.0 Å². The third-order valence-corrected chi connectivity index (χ3v) is 6.83. The Morgan fingerprint density at radius 2 is 1.91 bits per heavy atom. The highest BCUT2D eigenvalue weighted by Gasteiger charge is 2.30. The summed E-state index contributed by atoms with van der Waals surface area (Å²) in [4.78, 5) is 44.8. The van der Waals surface area contributed by atoms with Crippen LogP contribution in [0.1, 0.15) is 72.3 Å². The lowest BCUT2D eigenvalue weighted by Gasteiger charge is -2.28. The molecule has 1 aromatic heterocycles. The Labute approximate surface area is 206 Å². The maximum atomic E-state index is 14.0. The fourth-order valence-corrected chi connectivity index (χ4v) is 4.85. The predicted molar refractivity (Wildman–Crippen MR) is 124 cm³/mol. The van der Waals surface area contributed by atoms with Crippen LogP contribution in [-0.2, 0) is 9.53 Å². The molecular formula is C24H27ClF2N4O4. The fourth-order valence-electron chi connectivity index (χ4n) is 4.61. The number of hydrogen-bond donors (Lipinski definition) is 3. The van der Waals surface area contributed by atoms with Crippen molar-refractivity contribution >= 4 is 34.9 Å². The van der Waals surface area contributed by atoms with Gasteiger partial charge in [0.05, 0.1) is 23.1 Å². The van der Waals surface area contributed by atoms with Crippen LogP contribution >= 0.6 is 11.6 Å². The second-order valence-corrected chi connectivity index (χ2v) is 9.39. The van der Waals surface area contributed by atoms with Crippen molar-refractivity contribution in [1.29, 1.82) is 0 Å². The summed E-state index contributed by atoms with van der Waals surface area (Å²) in [5.74, 6) is -3.20. The number of nitrogens with zero attached hydrogens (tertiary/aromatic N) is 1. The molecule has 1 aliphatic carbocycles. The molecule has 2 fully saturated rings. The summed E-state index contributed by atoms with van der Waals surface area (Å²) < 4.78 is 32.7. The zero-order valence-electron chi connectivity index (χ0n) is 19.0. The van der Waals surface area contributed by atoms with Crippen molar-refractivity contribution in [1.82, 2.24) is 15.3 Å². The largest absolute Gasteiger partial charge is 0.378 e. The van der Waals surface area contributed by atoms with Crippen LogP contribution in [0.3, 0.4) is 0 Å². The van der Waals surface area contributed by atoms with Crippen molar-refractivity contribution in [2.24, 2.45) is 5.92 Å². The van der Waals surface area contributed by atoms with E-state index < -0.39 is 29.4 Å². The Morgan fingerprint density at radius 3 is 2.60 bits per heavy atom. The molecule has 1 atom stereocenters. The summed E-state index contributed by atoms with van der Waals surface area (Å²) >= 11 is 5.85. The van der Waals surface area contributed by atoms with Crippen LogP contribution in [0.2, 0.25) is 5.02 Å². The molecule has 0 spiro atoms. The molecule has 11 heteroatoms. The third-order valence-electron chi connectivity index (χ3n) is 6.54. The molecule has 1 aromatic carbocycles. The van der Waals surface area contributed by atoms with E-state index in [1.807, 2.05) is 0 Å². The molecule has 1 aliphatic heterocycles. The molecule has 2 aromatic rings. The zero-order valence-corrected chi connectivity index (χ0v) is 19.8. The van der Waals surface area contributed by atoms with E-state index in [1.54, 1.807) is 0 Å². The molecule has 0 bridgehead atoms. The lowest BCUT2D eigenvalue weighted by Crippen LogP contribution is -2.40. The van der Waals surface area contributed by atoms with E-state index >= 15 is 0 Å². The van der Waals surface area contributed by atoms with Gasteiger partial charge < -0.3 is 20.4 Å². The van der Waals surface area contributed by atoms with Gasteiger partial charge in [-0.1, -0.05) is 11.6 Å². The van der Waals surface area contributed by atoms with Crippen molar-refractivity contribution in [2.75, 3.05) is 11.9 Å². The number of carbonyl (C=O) groups is 3. The molecule has 2 heterocycles. The van der Waals surface area contributed by atoms with E-state index in [0.29, 0.717) is 38.2 Å². The number of nitrogens with one attached hydrogen (secondary N) is 3. The minimum atomic E-state index is -0.940. The maximum Gasteiger partial charge on any atom is 0.270 e. The number of benzene rings is 1. The van der Waals surface area contributed by atoms with Gasteiger partial charge in [0.15, 0.2) is 11.6 Å². The number of rotatable bonds is 8. The Kier molecular flexibility index (Phi) is 8.12. The first kappa shape index (κ1) is 25.2. The van der Waals surface area contributed by atoms with Gasteiger partial charge in [-0.2, -0.15) is 0 Å². The minimum Gasteiger partial charge on any atom is -0.378 e. The van der Waals surface area contributed by atoms with Crippen molar-refractivity contribution in [2.45, 2.75) is 63.5 Å². The first-order valence-electron chi connectivity index (χ1n) is 11.8. The van der Waals surface area contributed by atoms with Gasteiger partial charge in [0, 0.05) is 31.1 Å². The van der Waals surface area contributed by atoms with Gasteiger partial charge in [0.1, 0.15) is 17.2 Å². The van der Waals surface area contributed by atoms with E-state index in [4.69, 9.17) is 16.3 Å². The highest BCUT2D eigenvalue weighted by atomic mass is 35.5. The van der Waals surface area contributed by atoms with Gasteiger partial charge in [0.2, 0.25) is 5.91 Å². The van der Waals surface area contributed by atoms with Crippen molar-refractivity contribution in [3.05, 3.63) is 46.5 Å². The quantitative estimate of drug-likeness (QED) is 0.457. The molecule has 2 aliphatic rings. The van der Waals surface area contributed by atoms with Gasteiger partial charge in [0.25, 0.3) is 5.91 Å².